The highest BCUT2D eigenvalue weighted by Gasteiger charge is 2.44. The van der Waals surface area contributed by atoms with E-state index in [9.17, 15) is 19.2 Å². The Morgan fingerprint density at radius 2 is 1.79 bits per heavy atom. The summed E-state index contributed by atoms with van der Waals surface area (Å²) in [6, 6.07) is 3.60. The van der Waals surface area contributed by atoms with E-state index in [1.807, 2.05) is 0 Å². The summed E-state index contributed by atoms with van der Waals surface area (Å²) in [4.78, 5) is 48.8. The van der Waals surface area contributed by atoms with Gasteiger partial charge in [-0.25, -0.2) is 9.69 Å². The largest absolute Gasteiger partial charge is 0.348 e. The molecule has 24 heavy (non-hydrogen) atoms. The molecule has 1 atom stereocenters. The lowest BCUT2D eigenvalue weighted by atomic mass is 10.1. The Bertz CT molecular complexity index is 723. The van der Waals surface area contributed by atoms with Crippen LogP contribution >= 0.6 is 23.2 Å². The van der Waals surface area contributed by atoms with Crippen molar-refractivity contribution in [3.8, 4) is 0 Å². The molecule has 7 nitrogen and oxygen atoms in total. The summed E-state index contributed by atoms with van der Waals surface area (Å²) in [7, 11) is 0. The molecule has 0 spiro atoms. The maximum absolute atomic E-state index is 12.1. The molecule has 1 heterocycles. The Labute approximate surface area is 148 Å². The first kappa shape index (κ1) is 18.2. The number of amides is 5. The summed E-state index contributed by atoms with van der Waals surface area (Å²) >= 11 is 11.9. The first-order chi connectivity index (χ1) is 11.3. The number of imide groups is 2. The number of nitrogens with zero attached hydrogens (tertiary/aromatic N) is 2. The number of carbonyl (C=O) groups is 4. The van der Waals surface area contributed by atoms with Crippen molar-refractivity contribution >= 4 is 47.0 Å². The summed E-state index contributed by atoms with van der Waals surface area (Å²) in [6.07, 6.45) is 0. The standard InChI is InChI=1S/C15H15Cl2N3O4/c1-3-19-13(22)14(23)20(15(19)24)7-12(21)18-8(2)10-5-4-9(16)6-11(10)17/h4-6,8H,3,7H2,1-2H3,(H,18,21)/t8-/m0/s1. The third kappa shape index (κ3) is 3.52. The molecule has 5 amide bonds. The Morgan fingerprint density at radius 3 is 2.33 bits per heavy atom. The molecule has 1 aliphatic heterocycles. The van der Waals surface area contributed by atoms with Gasteiger partial charge in [-0.3, -0.25) is 19.3 Å². The van der Waals surface area contributed by atoms with Crippen LogP contribution in [0.2, 0.25) is 10.0 Å². The molecule has 1 aromatic carbocycles. The maximum atomic E-state index is 12.1. The van der Waals surface area contributed by atoms with E-state index in [4.69, 9.17) is 23.2 Å². The monoisotopic (exact) mass is 371 g/mol. The number of rotatable bonds is 5. The van der Waals surface area contributed by atoms with Gasteiger partial charge in [0.25, 0.3) is 0 Å². The van der Waals surface area contributed by atoms with Gasteiger partial charge in [0.15, 0.2) is 0 Å². The third-order valence-corrected chi connectivity index (χ3v) is 4.12. The lowest BCUT2D eigenvalue weighted by molar-refractivity contribution is -0.144. The quantitative estimate of drug-likeness (QED) is 0.633. The third-order valence-electron chi connectivity index (χ3n) is 3.56. The second-order valence-electron chi connectivity index (χ2n) is 5.18. The predicted octanol–water partition coefficient (Wildman–Crippen LogP) is 1.98. The molecule has 1 N–H and O–H groups in total. The molecule has 2 rings (SSSR count). The fourth-order valence-electron chi connectivity index (χ4n) is 2.33. The van der Waals surface area contributed by atoms with E-state index in [1.165, 1.54) is 0 Å². The molecule has 0 bridgehead atoms. The van der Waals surface area contributed by atoms with Crippen LogP contribution in [0.4, 0.5) is 4.79 Å². The molecule has 128 valence electrons. The van der Waals surface area contributed by atoms with Gasteiger partial charge in [-0.1, -0.05) is 29.3 Å². The van der Waals surface area contributed by atoms with Gasteiger partial charge >= 0.3 is 17.8 Å². The molecule has 0 unspecified atom stereocenters. The number of halogens is 2. The zero-order valence-corrected chi connectivity index (χ0v) is 14.5. The van der Waals surface area contributed by atoms with E-state index in [2.05, 4.69) is 5.32 Å². The minimum absolute atomic E-state index is 0.0678. The average molecular weight is 372 g/mol. The molecule has 1 aromatic rings. The van der Waals surface area contributed by atoms with Crippen molar-refractivity contribution in [1.82, 2.24) is 15.1 Å². The van der Waals surface area contributed by atoms with Gasteiger partial charge in [0.05, 0.1) is 6.04 Å². The van der Waals surface area contributed by atoms with E-state index in [1.54, 1.807) is 32.0 Å². The summed E-state index contributed by atoms with van der Waals surface area (Å²) in [5.41, 5.74) is 0.639. The van der Waals surface area contributed by atoms with Gasteiger partial charge in [-0.2, -0.15) is 0 Å². The molecule has 1 fully saturated rings. The smallest absolute Gasteiger partial charge is 0.334 e. The zero-order valence-electron chi connectivity index (χ0n) is 13.0. The molecule has 9 heteroatoms. The number of hydrogen-bond donors (Lipinski definition) is 1. The number of hydrogen-bond acceptors (Lipinski definition) is 4. The van der Waals surface area contributed by atoms with E-state index < -0.39 is 36.3 Å². The average Bonchev–Trinajstić information content (AvgIpc) is 2.70. The van der Waals surface area contributed by atoms with Crippen molar-refractivity contribution in [1.29, 1.82) is 0 Å². The van der Waals surface area contributed by atoms with Crippen molar-refractivity contribution in [3.05, 3.63) is 33.8 Å². The highest BCUT2D eigenvalue weighted by molar-refractivity contribution is 6.45. The predicted molar refractivity (Wildman–Crippen MR) is 87.5 cm³/mol. The lowest BCUT2D eigenvalue weighted by Crippen LogP contribution is -2.42. The second kappa shape index (κ2) is 7.19. The van der Waals surface area contributed by atoms with E-state index in [-0.39, 0.29) is 6.54 Å². The van der Waals surface area contributed by atoms with Crippen LogP contribution in [0, 0.1) is 0 Å². The van der Waals surface area contributed by atoms with Gasteiger partial charge < -0.3 is 5.32 Å². The fraction of sp³-hybridized carbons (Fsp3) is 0.333. The lowest BCUT2D eigenvalue weighted by Gasteiger charge is -2.18. The Kier molecular flexibility index (Phi) is 5.46. The fourth-order valence-corrected chi connectivity index (χ4v) is 2.90. The maximum Gasteiger partial charge on any atom is 0.334 e. The number of benzene rings is 1. The number of carbonyl (C=O) groups excluding carboxylic acids is 4. The molecule has 1 aliphatic rings. The molecule has 0 saturated carbocycles. The van der Waals surface area contributed by atoms with Gasteiger partial charge in [-0.15, -0.1) is 0 Å². The van der Waals surface area contributed by atoms with Crippen LogP contribution in [-0.4, -0.2) is 46.6 Å². The molecule has 0 aromatic heterocycles. The van der Waals surface area contributed by atoms with Crippen molar-refractivity contribution in [3.63, 3.8) is 0 Å². The van der Waals surface area contributed by atoms with Gasteiger partial charge in [0, 0.05) is 16.6 Å². The summed E-state index contributed by atoms with van der Waals surface area (Å²) in [5, 5.41) is 3.48. The number of nitrogens with one attached hydrogen (secondary N) is 1. The topological polar surface area (TPSA) is 86.8 Å². The van der Waals surface area contributed by atoms with Crippen LogP contribution in [0.3, 0.4) is 0 Å². The van der Waals surface area contributed by atoms with E-state index in [0.29, 0.717) is 20.5 Å². The van der Waals surface area contributed by atoms with E-state index >= 15 is 0 Å². The van der Waals surface area contributed by atoms with Crippen LogP contribution in [-0.2, 0) is 14.4 Å². The number of urea groups is 1. The summed E-state index contributed by atoms with van der Waals surface area (Å²) in [6.45, 7) is 2.80. The Morgan fingerprint density at radius 1 is 1.17 bits per heavy atom. The molecule has 0 aliphatic carbocycles. The van der Waals surface area contributed by atoms with Crippen molar-refractivity contribution in [2.24, 2.45) is 0 Å². The zero-order chi connectivity index (χ0) is 18.0. The minimum atomic E-state index is -1.01. The Balaban J connectivity index is 2.04. The molecule has 1 saturated heterocycles. The van der Waals surface area contributed by atoms with Crippen molar-refractivity contribution in [2.75, 3.05) is 13.1 Å². The van der Waals surface area contributed by atoms with Gasteiger partial charge in [0.1, 0.15) is 6.54 Å². The number of likely N-dealkylation sites (N-methyl/N-ethyl adjacent to an activating group) is 1. The van der Waals surface area contributed by atoms with Crippen LogP contribution in [0.15, 0.2) is 18.2 Å². The van der Waals surface area contributed by atoms with Crippen LogP contribution in [0.25, 0.3) is 0 Å². The second-order valence-corrected chi connectivity index (χ2v) is 6.02. The minimum Gasteiger partial charge on any atom is -0.348 e. The van der Waals surface area contributed by atoms with Crippen LogP contribution in [0.5, 0.6) is 0 Å². The van der Waals surface area contributed by atoms with Crippen molar-refractivity contribution < 1.29 is 19.2 Å². The van der Waals surface area contributed by atoms with Gasteiger partial charge in [0.2, 0.25) is 5.91 Å². The summed E-state index contributed by atoms with van der Waals surface area (Å²) < 4.78 is 0. The highest BCUT2D eigenvalue weighted by atomic mass is 35.5. The van der Waals surface area contributed by atoms with Crippen LogP contribution < -0.4 is 5.32 Å². The van der Waals surface area contributed by atoms with E-state index in [0.717, 1.165) is 4.90 Å². The van der Waals surface area contributed by atoms with Gasteiger partial charge in [-0.05, 0) is 31.5 Å². The molecular formula is C15H15Cl2N3O4. The summed E-state index contributed by atoms with van der Waals surface area (Å²) in [5.74, 6) is -2.51. The SMILES string of the molecule is CCN1C(=O)C(=O)N(CC(=O)N[C@@H](C)c2ccc(Cl)cc2Cl)C1=O. The van der Waals surface area contributed by atoms with Crippen LogP contribution in [0.1, 0.15) is 25.5 Å². The first-order valence-electron chi connectivity index (χ1n) is 7.17. The highest BCUT2D eigenvalue weighted by Crippen LogP contribution is 2.26. The Hall–Kier alpha value is -2.12. The normalized spacial score (nSPS) is 15.9. The molecular weight excluding hydrogens is 357 g/mol. The molecule has 0 radical (unpaired) electrons. The van der Waals surface area contributed by atoms with Crippen molar-refractivity contribution in [2.45, 2.75) is 19.9 Å². The first-order valence-corrected chi connectivity index (χ1v) is 7.93.